The molecule has 1 atom stereocenters. The number of hydrogen-bond acceptors (Lipinski definition) is 5. The summed E-state index contributed by atoms with van der Waals surface area (Å²) in [7, 11) is 0. The van der Waals surface area contributed by atoms with Gasteiger partial charge in [-0.2, -0.15) is 12.6 Å². The lowest BCUT2D eigenvalue weighted by Crippen LogP contribution is -2.45. The second kappa shape index (κ2) is 22.2. The van der Waals surface area contributed by atoms with Gasteiger partial charge in [-0.05, 0) is 48.9 Å². The van der Waals surface area contributed by atoms with E-state index in [1.807, 2.05) is 0 Å². The van der Waals surface area contributed by atoms with Crippen molar-refractivity contribution in [2.45, 2.75) is 116 Å². The average molecular weight is 626 g/mol. The number of aromatic carboxylic acids is 1. The molecule has 242 valence electrons. The molecule has 9 heteroatoms. The molecule has 0 bridgehead atoms. The van der Waals surface area contributed by atoms with Crippen LogP contribution in [0, 0.1) is 0 Å². The maximum Gasteiger partial charge on any atom is 0.335 e. The predicted octanol–water partition coefficient (Wildman–Crippen LogP) is 8.25. The molecule has 0 saturated heterocycles. The molecule has 0 aliphatic carbocycles. The van der Waals surface area contributed by atoms with Crippen molar-refractivity contribution in [2.75, 3.05) is 16.4 Å². The van der Waals surface area contributed by atoms with E-state index in [-0.39, 0.29) is 17.2 Å². The summed E-state index contributed by atoms with van der Waals surface area (Å²) < 4.78 is 0. The minimum atomic E-state index is -1.11. The molecule has 0 unspecified atom stereocenters. The van der Waals surface area contributed by atoms with Crippen LogP contribution in [0.3, 0.4) is 0 Å². The average Bonchev–Trinajstić information content (AvgIpc) is 3.02. The minimum absolute atomic E-state index is 0.0382. The summed E-state index contributed by atoms with van der Waals surface area (Å²) in [6, 6.07) is 11.4. The Morgan fingerprint density at radius 1 is 0.682 bits per heavy atom. The first-order chi connectivity index (χ1) is 21.3. The molecule has 0 spiro atoms. The Hall–Kier alpha value is -3.33. The number of carboxylic acids is 1. The van der Waals surface area contributed by atoms with Crippen LogP contribution >= 0.6 is 12.6 Å². The third kappa shape index (κ3) is 15.4. The van der Waals surface area contributed by atoms with Crippen LogP contribution in [0.15, 0.2) is 48.5 Å². The standard InChI is InChI=1S/C35H51N3O5S/c1-2-3-4-5-6-7-8-9-10-11-12-13-14-15-16-20-32(39)36-29-23-21-27(22-24-29)33(40)38-31(26-44)34(41)37-30-19-17-18-28(25-30)35(42)43/h17-19,21-25,31,44H,2-16,20,26H2,1H3,(H,36,39)(H,37,41)(H,38,40)(H,42,43)/t31-/m0/s1. The molecule has 0 fully saturated rings. The van der Waals surface area contributed by atoms with Crippen molar-refractivity contribution in [3.8, 4) is 0 Å². The maximum atomic E-state index is 12.7. The van der Waals surface area contributed by atoms with Crippen molar-refractivity contribution in [1.82, 2.24) is 5.32 Å². The van der Waals surface area contributed by atoms with Gasteiger partial charge < -0.3 is 21.1 Å². The number of rotatable bonds is 23. The number of nitrogens with one attached hydrogen (secondary N) is 3. The van der Waals surface area contributed by atoms with Crippen LogP contribution < -0.4 is 16.0 Å². The quantitative estimate of drug-likeness (QED) is 0.0628. The summed E-state index contributed by atoms with van der Waals surface area (Å²) in [4.78, 5) is 48.9. The number of unbranched alkanes of at least 4 members (excludes halogenated alkanes) is 14. The fourth-order valence-electron chi connectivity index (χ4n) is 4.98. The van der Waals surface area contributed by atoms with E-state index >= 15 is 0 Å². The lowest BCUT2D eigenvalue weighted by Gasteiger charge is -2.17. The van der Waals surface area contributed by atoms with Gasteiger partial charge in [0.2, 0.25) is 11.8 Å². The Bertz CT molecular complexity index is 1160. The van der Waals surface area contributed by atoms with Crippen LogP contribution in [0.5, 0.6) is 0 Å². The van der Waals surface area contributed by atoms with Gasteiger partial charge in [-0.25, -0.2) is 4.79 Å². The van der Waals surface area contributed by atoms with E-state index in [0.29, 0.717) is 23.4 Å². The highest BCUT2D eigenvalue weighted by Crippen LogP contribution is 2.16. The summed E-state index contributed by atoms with van der Waals surface area (Å²) in [5.74, 6) is -2.09. The fourth-order valence-corrected chi connectivity index (χ4v) is 5.24. The largest absolute Gasteiger partial charge is 0.478 e. The number of thiol groups is 1. The summed E-state index contributed by atoms with van der Waals surface area (Å²) in [5.41, 5.74) is 1.28. The smallest absolute Gasteiger partial charge is 0.335 e. The third-order valence-electron chi connectivity index (χ3n) is 7.62. The van der Waals surface area contributed by atoms with E-state index in [2.05, 4.69) is 35.5 Å². The highest BCUT2D eigenvalue weighted by molar-refractivity contribution is 7.80. The molecule has 0 aliphatic rings. The van der Waals surface area contributed by atoms with Gasteiger partial charge in [0.1, 0.15) is 6.04 Å². The molecule has 2 rings (SSSR count). The van der Waals surface area contributed by atoms with Gasteiger partial charge in [0.15, 0.2) is 0 Å². The molecule has 2 aromatic rings. The fraction of sp³-hybridized carbons (Fsp3) is 0.543. The van der Waals surface area contributed by atoms with E-state index in [1.54, 1.807) is 30.3 Å². The maximum absolute atomic E-state index is 12.7. The summed E-state index contributed by atoms with van der Waals surface area (Å²) >= 11 is 4.18. The van der Waals surface area contributed by atoms with Gasteiger partial charge in [0, 0.05) is 29.1 Å². The molecule has 0 aromatic heterocycles. The number of hydrogen-bond donors (Lipinski definition) is 5. The Morgan fingerprint density at radius 3 is 1.75 bits per heavy atom. The zero-order valence-electron chi connectivity index (χ0n) is 26.2. The summed E-state index contributed by atoms with van der Waals surface area (Å²) in [6.07, 6.45) is 19.7. The van der Waals surface area contributed by atoms with Gasteiger partial charge >= 0.3 is 5.97 Å². The van der Waals surface area contributed by atoms with Crippen molar-refractivity contribution < 1.29 is 24.3 Å². The lowest BCUT2D eigenvalue weighted by atomic mass is 10.0. The lowest BCUT2D eigenvalue weighted by molar-refractivity contribution is -0.117. The Kier molecular flexibility index (Phi) is 18.6. The molecule has 0 heterocycles. The van der Waals surface area contributed by atoms with Crippen LogP contribution in [0.4, 0.5) is 11.4 Å². The molecule has 3 amide bonds. The van der Waals surface area contributed by atoms with Crippen LogP contribution in [0.1, 0.15) is 130 Å². The molecular formula is C35H51N3O5S. The number of amides is 3. The SMILES string of the molecule is CCCCCCCCCCCCCCCCCC(=O)Nc1ccc(C(=O)N[C@@H](CS)C(=O)Nc2cccc(C(=O)O)c2)cc1. The number of anilines is 2. The molecular weight excluding hydrogens is 574 g/mol. The van der Waals surface area contributed by atoms with Crippen molar-refractivity contribution in [3.05, 3.63) is 59.7 Å². The zero-order valence-corrected chi connectivity index (χ0v) is 27.1. The first-order valence-electron chi connectivity index (χ1n) is 16.3. The monoisotopic (exact) mass is 625 g/mol. The first kappa shape index (κ1) is 36.9. The van der Waals surface area contributed by atoms with E-state index in [0.717, 1.165) is 19.3 Å². The van der Waals surface area contributed by atoms with E-state index in [4.69, 9.17) is 5.11 Å². The highest BCUT2D eigenvalue weighted by atomic mass is 32.1. The molecule has 44 heavy (non-hydrogen) atoms. The van der Waals surface area contributed by atoms with Crippen LogP contribution in [-0.2, 0) is 9.59 Å². The molecule has 2 aromatic carbocycles. The van der Waals surface area contributed by atoms with Crippen molar-refractivity contribution in [1.29, 1.82) is 0 Å². The van der Waals surface area contributed by atoms with Crippen LogP contribution in [-0.4, -0.2) is 40.6 Å². The highest BCUT2D eigenvalue weighted by Gasteiger charge is 2.20. The van der Waals surface area contributed by atoms with Crippen molar-refractivity contribution in [2.24, 2.45) is 0 Å². The van der Waals surface area contributed by atoms with Gasteiger partial charge in [-0.1, -0.05) is 103 Å². The second-order valence-corrected chi connectivity index (χ2v) is 11.8. The first-order valence-corrected chi connectivity index (χ1v) is 16.9. The molecule has 0 aliphatic heterocycles. The number of carbonyl (C=O) groups is 4. The van der Waals surface area contributed by atoms with Gasteiger partial charge in [0.05, 0.1) is 5.56 Å². The van der Waals surface area contributed by atoms with E-state index in [1.165, 1.54) is 95.2 Å². The van der Waals surface area contributed by atoms with Gasteiger partial charge in [-0.15, -0.1) is 0 Å². The number of carbonyl (C=O) groups excluding carboxylic acids is 3. The topological polar surface area (TPSA) is 125 Å². The van der Waals surface area contributed by atoms with Crippen LogP contribution in [0.25, 0.3) is 0 Å². The van der Waals surface area contributed by atoms with E-state index in [9.17, 15) is 19.2 Å². The normalized spacial score (nSPS) is 11.5. The summed E-state index contributed by atoms with van der Waals surface area (Å²) in [5, 5.41) is 17.3. The molecule has 0 radical (unpaired) electrons. The number of carboxylic acid groups (broad SMARTS) is 1. The molecule has 8 nitrogen and oxygen atoms in total. The van der Waals surface area contributed by atoms with Crippen LogP contribution in [0.2, 0.25) is 0 Å². The molecule has 0 saturated carbocycles. The Balaban J connectivity index is 1.59. The molecule has 4 N–H and O–H groups in total. The van der Waals surface area contributed by atoms with E-state index < -0.39 is 23.8 Å². The summed E-state index contributed by atoms with van der Waals surface area (Å²) in [6.45, 7) is 2.26. The zero-order chi connectivity index (χ0) is 32.0. The minimum Gasteiger partial charge on any atom is -0.478 e. The van der Waals surface area contributed by atoms with Gasteiger partial charge in [-0.3, -0.25) is 14.4 Å². The van der Waals surface area contributed by atoms with Crippen molar-refractivity contribution in [3.63, 3.8) is 0 Å². The van der Waals surface area contributed by atoms with Crippen molar-refractivity contribution >= 4 is 47.7 Å². The van der Waals surface area contributed by atoms with Gasteiger partial charge in [0.25, 0.3) is 5.91 Å². The predicted molar refractivity (Wildman–Crippen MR) is 182 cm³/mol. The Morgan fingerprint density at radius 2 is 1.23 bits per heavy atom. The second-order valence-electron chi connectivity index (χ2n) is 11.4. The third-order valence-corrected chi connectivity index (χ3v) is 7.98. The number of benzene rings is 2. The Labute approximate surface area is 268 Å².